The molecule has 3 heterocycles. The van der Waals surface area contributed by atoms with Gasteiger partial charge >= 0.3 is 0 Å². The van der Waals surface area contributed by atoms with Crippen molar-refractivity contribution in [1.29, 1.82) is 0 Å². The van der Waals surface area contributed by atoms with Crippen molar-refractivity contribution in [2.24, 2.45) is 0 Å². The van der Waals surface area contributed by atoms with Crippen molar-refractivity contribution in [3.8, 4) is 11.8 Å². The molecule has 3 aromatic heterocycles. The summed E-state index contributed by atoms with van der Waals surface area (Å²) in [7, 11) is 0. The molecule has 1 aromatic carbocycles. The Morgan fingerprint density at radius 2 is 2.19 bits per heavy atom. The van der Waals surface area contributed by atoms with Gasteiger partial charge in [-0.05, 0) is 59.0 Å². The summed E-state index contributed by atoms with van der Waals surface area (Å²) in [5.74, 6) is 6.78. The number of rotatable bonds is 3. The largest absolute Gasteiger partial charge is 0.348 e. The zero-order chi connectivity index (χ0) is 18.6. The van der Waals surface area contributed by atoms with Gasteiger partial charge in [0, 0.05) is 30.1 Å². The Labute approximate surface area is 160 Å². The van der Waals surface area contributed by atoms with E-state index in [1.165, 1.54) is 0 Å². The molecular weight excluding hydrogens is 356 g/mol. The van der Waals surface area contributed by atoms with Gasteiger partial charge in [-0.3, -0.25) is 9.20 Å². The summed E-state index contributed by atoms with van der Waals surface area (Å²) < 4.78 is 1.83. The number of aromatic nitrogens is 3. The third-order valence-electron chi connectivity index (χ3n) is 4.15. The van der Waals surface area contributed by atoms with Crippen molar-refractivity contribution in [2.75, 3.05) is 0 Å². The van der Waals surface area contributed by atoms with Crippen molar-refractivity contribution in [3.63, 3.8) is 0 Å². The van der Waals surface area contributed by atoms with E-state index >= 15 is 0 Å². The lowest BCUT2D eigenvalue weighted by atomic mass is 10.0. The number of fused-ring (bicyclic) bond motifs is 1. The Bertz CT molecular complexity index is 1170. The molecule has 4 rings (SSSR count). The summed E-state index contributed by atoms with van der Waals surface area (Å²) in [4.78, 5) is 20.9. The molecule has 132 valence electrons. The zero-order valence-electron chi connectivity index (χ0n) is 14.6. The Kier molecular flexibility index (Phi) is 4.69. The third kappa shape index (κ3) is 3.73. The molecule has 5 nitrogen and oxygen atoms in total. The molecule has 1 amide bonds. The number of imidazole rings is 1. The fraction of sp³-hybridized carbons (Fsp3) is 0.0952. The molecule has 0 atom stereocenters. The van der Waals surface area contributed by atoms with E-state index in [-0.39, 0.29) is 5.91 Å². The van der Waals surface area contributed by atoms with Gasteiger partial charge in [-0.25, -0.2) is 9.97 Å². The predicted octanol–water partition coefficient (Wildman–Crippen LogP) is 3.43. The van der Waals surface area contributed by atoms with Crippen LogP contribution in [-0.2, 0) is 6.54 Å². The maximum atomic E-state index is 12.4. The first-order chi connectivity index (χ1) is 13.2. The van der Waals surface area contributed by atoms with E-state index in [4.69, 9.17) is 0 Å². The molecule has 0 bridgehead atoms. The second-order valence-electron chi connectivity index (χ2n) is 6.03. The van der Waals surface area contributed by atoms with E-state index in [0.717, 1.165) is 22.4 Å². The topological polar surface area (TPSA) is 59.3 Å². The number of thiophene rings is 1. The second kappa shape index (κ2) is 7.44. The van der Waals surface area contributed by atoms with Crippen LogP contribution in [0.1, 0.15) is 32.7 Å². The van der Waals surface area contributed by atoms with Gasteiger partial charge in [0.1, 0.15) is 5.69 Å². The zero-order valence-corrected chi connectivity index (χ0v) is 15.5. The maximum absolute atomic E-state index is 12.4. The lowest BCUT2D eigenvalue weighted by molar-refractivity contribution is 0.0951. The molecule has 27 heavy (non-hydrogen) atoms. The molecule has 6 heteroatoms. The van der Waals surface area contributed by atoms with Gasteiger partial charge in [0.15, 0.2) is 0 Å². The van der Waals surface area contributed by atoms with Gasteiger partial charge in [-0.1, -0.05) is 12.0 Å². The molecule has 0 aliphatic heterocycles. The fourth-order valence-corrected chi connectivity index (χ4v) is 3.30. The fourth-order valence-electron chi connectivity index (χ4n) is 2.63. The quantitative estimate of drug-likeness (QED) is 0.561. The van der Waals surface area contributed by atoms with Crippen molar-refractivity contribution in [1.82, 2.24) is 19.7 Å². The van der Waals surface area contributed by atoms with E-state index in [1.54, 1.807) is 23.7 Å². The van der Waals surface area contributed by atoms with Crippen LogP contribution in [0.15, 0.2) is 59.7 Å². The summed E-state index contributed by atoms with van der Waals surface area (Å²) in [6.07, 6.45) is 5.27. The highest BCUT2D eigenvalue weighted by molar-refractivity contribution is 7.07. The van der Waals surface area contributed by atoms with Gasteiger partial charge in [0.05, 0.1) is 6.20 Å². The molecule has 0 aliphatic rings. The number of carbonyl (C=O) groups is 1. The number of carbonyl (C=O) groups excluding carboxylic acids is 1. The summed E-state index contributed by atoms with van der Waals surface area (Å²) in [6.45, 7) is 2.50. The molecule has 0 spiro atoms. The lowest BCUT2D eigenvalue weighted by Crippen LogP contribution is -2.22. The summed E-state index contributed by atoms with van der Waals surface area (Å²) in [5.41, 5.74) is 4.28. The third-order valence-corrected chi connectivity index (χ3v) is 4.88. The average Bonchev–Trinajstić information content (AvgIpc) is 3.35. The highest BCUT2D eigenvalue weighted by Crippen LogP contribution is 2.12. The Morgan fingerprint density at radius 3 is 3.04 bits per heavy atom. The first kappa shape index (κ1) is 17.0. The maximum Gasteiger partial charge on any atom is 0.251 e. The van der Waals surface area contributed by atoms with E-state index in [2.05, 4.69) is 27.1 Å². The normalized spacial score (nSPS) is 10.4. The summed E-state index contributed by atoms with van der Waals surface area (Å²) >= 11 is 1.62. The van der Waals surface area contributed by atoms with Crippen LogP contribution < -0.4 is 5.32 Å². The Balaban J connectivity index is 1.57. The minimum absolute atomic E-state index is 0.108. The van der Waals surface area contributed by atoms with Crippen LogP contribution >= 0.6 is 11.3 Å². The van der Waals surface area contributed by atoms with Crippen LogP contribution in [-0.4, -0.2) is 20.3 Å². The number of nitrogens with zero attached hydrogens (tertiary/aromatic N) is 3. The van der Waals surface area contributed by atoms with E-state index in [1.807, 2.05) is 58.6 Å². The number of aryl methyl sites for hydroxylation is 1. The van der Waals surface area contributed by atoms with Crippen LogP contribution in [0.2, 0.25) is 0 Å². The van der Waals surface area contributed by atoms with Gasteiger partial charge in [0.2, 0.25) is 5.78 Å². The van der Waals surface area contributed by atoms with Crippen molar-refractivity contribution >= 4 is 23.0 Å². The van der Waals surface area contributed by atoms with Crippen LogP contribution in [0, 0.1) is 18.8 Å². The standard InChI is InChI=1S/C21H16N4OS/c1-15-3-4-18(20(26)23-12-16-7-10-27-14-16)11-17(15)5-6-19-13-24-21-22-8-2-9-25(19)21/h2-4,7-11,13-14H,12H2,1H3,(H,23,26). The van der Waals surface area contributed by atoms with E-state index in [0.29, 0.717) is 17.9 Å². The second-order valence-corrected chi connectivity index (χ2v) is 6.81. The van der Waals surface area contributed by atoms with Gasteiger partial charge in [0.25, 0.3) is 5.91 Å². The van der Waals surface area contributed by atoms with Crippen LogP contribution in [0.4, 0.5) is 0 Å². The smallest absolute Gasteiger partial charge is 0.251 e. The lowest BCUT2D eigenvalue weighted by Gasteiger charge is -2.06. The van der Waals surface area contributed by atoms with Crippen LogP contribution in [0.3, 0.4) is 0 Å². The molecule has 0 saturated carbocycles. The highest BCUT2D eigenvalue weighted by Gasteiger charge is 2.08. The molecule has 0 radical (unpaired) electrons. The number of hydrogen-bond donors (Lipinski definition) is 1. The van der Waals surface area contributed by atoms with Crippen LogP contribution in [0.5, 0.6) is 0 Å². The van der Waals surface area contributed by atoms with Gasteiger partial charge < -0.3 is 5.32 Å². The van der Waals surface area contributed by atoms with E-state index in [9.17, 15) is 4.79 Å². The Hall–Kier alpha value is -3.43. The highest BCUT2D eigenvalue weighted by atomic mass is 32.1. The Morgan fingerprint density at radius 1 is 1.26 bits per heavy atom. The summed E-state index contributed by atoms with van der Waals surface area (Å²) in [6, 6.07) is 9.40. The van der Waals surface area contributed by atoms with Crippen molar-refractivity contribution in [3.05, 3.63) is 87.6 Å². The van der Waals surface area contributed by atoms with Crippen LogP contribution in [0.25, 0.3) is 5.78 Å². The van der Waals surface area contributed by atoms with E-state index < -0.39 is 0 Å². The first-order valence-electron chi connectivity index (χ1n) is 8.41. The number of benzene rings is 1. The first-order valence-corrected chi connectivity index (χ1v) is 9.35. The number of amides is 1. The number of hydrogen-bond acceptors (Lipinski definition) is 4. The molecule has 0 aliphatic carbocycles. The molecule has 1 N–H and O–H groups in total. The molecule has 0 fully saturated rings. The average molecular weight is 372 g/mol. The minimum atomic E-state index is -0.108. The van der Waals surface area contributed by atoms with Crippen molar-refractivity contribution in [2.45, 2.75) is 13.5 Å². The predicted molar refractivity (Wildman–Crippen MR) is 106 cm³/mol. The summed E-state index contributed by atoms with van der Waals surface area (Å²) in [5, 5.41) is 6.96. The molecule has 0 unspecified atom stereocenters. The molecule has 0 saturated heterocycles. The van der Waals surface area contributed by atoms with Crippen molar-refractivity contribution < 1.29 is 4.79 Å². The van der Waals surface area contributed by atoms with Gasteiger partial charge in [-0.2, -0.15) is 11.3 Å². The monoisotopic (exact) mass is 372 g/mol. The van der Waals surface area contributed by atoms with Gasteiger partial charge in [-0.15, -0.1) is 0 Å². The SMILES string of the molecule is Cc1ccc(C(=O)NCc2ccsc2)cc1C#Cc1cnc2ncccn12. The number of nitrogens with one attached hydrogen (secondary N) is 1. The minimum Gasteiger partial charge on any atom is -0.348 e. The molecular formula is C21H16N4OS. The molecule has 4 aromatic rings.